The zero-order valence-electron chi connectivity index (χ0n) is 12.1. The second kappa shape index (κ2) is 7.13. The predicted octanol–water partition coefficient (Wildman–Crippen LogP) is 2.00. The lowest BCUT2D eigenvalue weighted by atomic mass is 9.84. The highest BCUT2D eigenvalue weighted by molar-refractivity contribution is 5.79. The number of ketones is 1. The normalized spacial score (nSPS) is 24.7. The molecule has 0 saturated carbocycles. The van der Waals surface area contributed by atoms with Gasteiger partial charge < -0.3 is 5.32 Å². The fourth-order valence-electron chi connectivity index (χ4n) is 2.68. The molecular weight excluding hydrogens is 268 g/mol. The van der Waals surface area contributed by atoms with Crippen LogP contribution in [0.1, 0.15) is 18.9 Å². The van der Waals surface area contributed by atoms with E-state index in [0.717, 1.165) is 13.0 Å². The summed E-state index contributed by atoms with van der Waals surface area (Å²) in [4.78, 5) is 22.2. The van der Waals surface area contributed by atoms with Crippen molar-refractivity contribution < 1.29 is 9.72 Å². The van der Waals surface area contributed by atoms with E-state index in [0.29, 0.717) is 0 Å². The number of nitro groups is 1. The summed E-state index contributed by atoms with van der Waals surface area (Å²) in [7, 11) is 0. The van der Waals surface area contributed by atoms with E-state index in [1.165, 1.54) is 12.5 Å². The maximum atomic E-state index is 11.7. The molecule has 0 heterocycles. The molecule has 0 aliphatic heterocycles. The number of hydrogen-bond acceptors (Lipinski definition) is 4. The molecule has 3 atom stereocenters. The molecule has 112 valence electrons. The van der Waals surface area contributed by atoms with E-state index < -0.39 is 6.04 Å². The second-order valence-electron chi connectivity index (χ2n) is 5.41. The number of Topliss-reactive ketones (excluding diaryl/α,β-unsaturated/α-hetero) is 1. The molecule has 0 saturated heterocycles. The molecule has 21 heavy (non-hydrogen) atoms. The third-order valence-corrected chi connectivity index (χ3v) is 3.90. The first-order valence-electron chi connectivity index (χ1n) is 7.17. The van der Waals surface area contributed by atoms with Gasteiger partial charge in [-0.25, -0.2) is 0 Å². The Bertz CT molecular complexity index is 528. The van der Waals surface area contributed by atoms with Gasteiger partial charge in [0.15, 0.2) is 0 Å². The lowest BCUT2D eigenvalue weighted by Crippen LogP contribution is -2.44. The van der Waals surface area contributed by atoms with Gasteiger partial charge in [0, 0.05) is 23.3 Å². The van der Waals surface area contributed by atoms with E-state index in [1.807, 2.05) is 18.2 Å². The average Bonchev–Trinajstić information content (AvgIpc) is 2.48. The predicted molar refractivity (Wildman–Crippen MR) is 80.6 cm³/mol. The van der Waals surface area contributed by atoms with Crippen LogP contribution >= 0.6 is 0 Å². The van der Waals surface area contributed by atoms with E-state index in [4.69, 9.17) is 0 Å². The van der Waals surface area contributed by atoms with Crippen molar-refractivity contribution in [1.29, 1.82) is 0 Å². The quantitative estimate of drug-likeness (QED) is 0.493. The standard InChI is InChI=1S/C16H20N2O3/c1-12(19)15-11-14(18(20)21)7-8-16(15)17-10-9-13-5-3-2-4-6-13/h2-8,14-17H,9-11H2,1H3. The first kappa shape index (κ1) is 15.4. The van der Waals surface area contributed by atoms with Gasteiger partial charge in [-0.05, 0) is 31.5 Å². The summed E-state index contributed by atoms with van der Waals surface area (Å²) in [5, 5.41) is 14.2. The van der Waals surface area contributed by atoms with Crippen LogP contribution < -0.4 is 5.32 Å². The molecular formula is C16H20N2O3. The van der Waals surface area contributed by atoms with Crippen molar-refractivity contribution in [3.05, 3.63) is 58.2 Å². The summed E-state index contributed by atoms with van der Waals surface area (Å²) in [6.07, 6.45) is 4.52. The zero-order chi connectivity index (χ0) is 15.2. The summed E-state index contributed by atoms with van der Waals surface area (Å²) in [5.74, 6) is -0.315. The Morgan fingerprint density at radius 2 is 2.05 bits per heavy atom. The molecule has 0 fully saturated rings. The SMILES string of the molecule is CC(=O)C1CC([N+](=O)[O-])C=CC1NCCc1ccccc1. The molecule has 5 nitrogen and oxygen atoms in total. The molecule has 0 amide bonds. The number of hydrogen-bond donors (Lipinski definition) is 1. The molecule has 1 N–H and O–H groups in total. The highest BCUT2D eigenvalue weighted by atomic mass is 16.6. The summed E-state index contributed by atoms with van der Waals surface area (Å²) in [6.45, 7) is 2.25. The Hall–Kier alpha value is -2.01. The van der Waals surface area contributed by atoms with Crippen molar-refractivity contribution in [3.63, 3.8) is 0 Å². The molecule has 3 unspecified atom stereocenters. The molecule has 1 aromatic carbocycles. The van der Waals surface area contributed by atoms with E-state index >= 15 is 0 Å². The van der Waals surface area contributed by atoms with Gasteiger partial charge in [-0.1, -0.05) is 36.4 Å². The number of rotatable bonds is 6. The van der Waals surface area contributed by atoms with Crippen LogP contribution in [0.15, 0.2) is 42.5 Å². The van der Waals surface area contributed by atoms with Crippen LogP contribution in [0.25, 0.3) is 0 Å². The van der Waals surface area contributed by atoms with Crippen molar-refractivity contribution in [2.75, 3.05) is 6.54 Å². The molecule has 1 aliphatic rings. The van der Waals surface area contributed by atoms with Gasteiger partial charge in [0.05, 0.1) is 0 Å². The summed E-state index contributed by atoms with van der Waals surface area (Å²) < 4.78 is 0. The van der Waals surface area contributed by atoms with E-state index in [-0.39, 0.29) is 29.1 Å². The molecule has 0 radical (unpaired) electrons. The van der Waals surface area contributed by atoms with Crippen LogP contribution in [0.3, 0.4) is 0 Å². The molecule has 1 aliphatic carbocycles. The van der Waals surface area contributed by atoms with Crippen LogP contribution in [0, 0.1) is 16.0 Å². The highest BCUT2D eigenvalue weighted by Gasteiger charge is 2.34. The molecule has 0 bridgehead atoms. The number of nitrogens with zero attached hydrogens (tertiary/aromatic N) is 1. The van der Waals surface area contributed by atoms with Crippen LogP contribution in [-0.2, 0) is 11.2 Å². The molecule has 0 aromatic heterocycles. The van der Waals surface area contributed by atoms with Crippen LogP contribution in [-0.4, -0.2) is 29.3 Å². The van der Waals surface area contributed by atoms with Gasteiger partial charge in [-0.2, -0.15) is 0 Å². The highest BCUT2D eigenvalue weighted by Crippen LogP contribution is 2.22. The largest absolute Gasteiger partial charge is 0.309 e. The molecule has 1 aromatic rings. The molecule has 0 spiro atoms. The number of carbonyl (C=O) groups is 1. The lowest BCUT2D eigenvalue weighted by Gasteiger charge is -2.27. The molecule has 2 rings (SSSR count). The fraction of sp³-hybridized carbons (Fsp3) is 0.438. The Labute approximate surface area is 124 Å². The second-order valence-corrected chi connectivity index (χ2v) is 5.41. The van der Waals surface area contributed by atoms with Crippen molar-refractivity contribution in [1.82, 2.24) is 5.32 Å². The fourth-order valence-corrected chi connectivity index (χ4v) is 2.68. The van der Waals surface area contributed by atoms with Gasteiger partial charge in [0.25, 0.3) is 0 Å². The summed E-state index contributed by atoms with van der Waals surface area (Å²) in [6, 6.07) is 9.23. The average molecular weight is 288 g/mol. The Morgan fingerprint density at radius 1 is 1.33 bits per heavy atom. The maximum absolute atomic E-state index is 11.7. The topological polar surface area (TPSA) is 72.2 Å². The minimum absolute atomic E-state index is 0.00316. The minimum atomic E-state index is -0.744. The Kier molecular flexibility index (Phi) is 5.22. The first-order chi connectivity index (χ1) is 10.1. The van der Waals surface area contributed by atoms with Gasteiger partial charge in [0.1, 0.15) is 5.78 Å². The van der Waals surface area contributed by atoms with Crippen LogP contribution in [0.2, 0.25) is 0 Å². The minimum Gasteiger partial charge on any atom is -0.309 e. The van der Waals surface area contributed by atoms with Crippen LogP contribution in [0.5, 0.6) is 0 Å². The van der Waals surface area contributed by atoms with E-state index in [9.17, 15) is 14.9 Å². The summed E-state index contributed by atoms with van der Waals surface area (Å²) in [5.41, 5.74) is 1.23. The monoisotopic (exact) mass is 288 g/mol. The number of benzene rings is 1. The van der Waals surface area contributed by atoms with Crippen molar-refractivity contribution in [3.8, 4) is 0 Å². The van der Waals surface area contributed by atoms with Gasteiger partial charge in [0.2, 0.25) is 6.04 Å². The smallest absolute Gasteiger partial charge is 0.232 e. The lowest BCUT2D eigenvalue weighted by molar-refractivity contribution is -0.511. The number of nitrogens with one attached hydrogen (secondary N) is 1. The maximum Gasteiger partial charge on any atom is 0.232 e. The van der Waals surface area contributed by atoms with Gasteiger partial charge in [-0.3, -0.25) is 14.9 Å². The van der Waals surface area contributed by atoms with E-state index in [2.05, 4.69) is 17.4 Å². The van der Waals surface area contributed by atoms with Crippen molar-refractivity contribution >= 4 is 5.78 Å². The number of carbonyl (C=O) groups excluding carboxylic acids is 1. The van der Waals surface area contributed by atoms with Crippen LogP contribution in [0.4, 0.5) is 0 Å². The van der Waals surface area contributed by atoms with Crippen molar-refractivity contribution in [2.45, 2.75) is 31.8 Å². The zero-order valence-corrected chi connectivity index (χ0v) is 12.1. The van der Waals surface area contributed by atoms with E-state index in [1.54, 1.807) is 12.2 Å². The third kappa shape index (κ3) is 4.23. The van der Waals surface area contributed by atoms with Crippen molar-refractivity contribution in [2.24, 2.45) is 5.92 Å². The Morgan fingerprint density at radius 3 is 2.67 bits per heavy atom. The summed E-state index contributed by atoms with van der Waals surface area (Å²) >= 11 is 0. The van der Waals surface area contributed by atoms with Gasteiger partial charge in [-0.15, -0.1) is 0 Å². The first-order valence-corrected chi connectivity index (χ1v) is 7.17. The third-order valence-electron chi connectivity index (χ3n) is 3.90. The Balaban J connectivity index is 1.93. The van der Waals surface area contributed by atoms with Gasteiger partial charge >= 0.3 is 0 Å². The molecule has 5 heteroatoms.